The first-order chi connectivity index (χ1) is 9.70. The largest absolute Gasteiger partial charge is 0.317 e. The third-order valence-electron chi connectivity index (χ3n) is 4.57. The molecule has 2 rings (SSSR count). The molecule has 1 aliphatic rings. The van der Waals surface area contributed by atoms with Crippen LogP contribution in [0.5, 0.6) is 0 Å². The lowest BCUT2D eigenvalue weighted by Gasteiger charge is -2.24. The van der Waals surface area contributed by atoms with Gasteiger partial charge in [0.1, 0.15) is 11.6 Å². The summed E-state index contributed by atoms with van der Waals surface area (Å²) in [5.41, 5.74) is 0.218. The second-order valence-electron chi connectivity index (χ2n) is 5.97. The van der Waals surface area contributed by atoms with Crippen molar-refractivity contribution in [2.24, 2.45) is 5.92 Å². The molecule has 1 nitrogen and oxygen atoms in total. The topological polar surface area (TPSA) is 12.0 Å². The van der Waals surface area contributed by atoms with Crippen LogP contribution in [0.1, 0.15) is 50.5 Å². The molecular formula is C17H25F2N. The molecule has 112 valence electrons. The zero-order chi connectivity index (χ0) is 14.4. The Morgan fingerprint density at radius 3 is 2.40 bits per heavy atom. The van der Waals surface area contributed by atoms with Gasteiger partial charge in [-0.2, -0.15) is 0 Å². The molecule has 0 spiro atoms. The van der Waals surface area contributed by atoms with Crippen LogP contribution in [0.2, 0.25) is 0 Å². The van der Waals surface area contributed by atoms with Crippen molar-refractivity contribution in [1.82, 2.24) is 5.32 Å². The van der Waals surface area contributed by atoms with Gasteiger partial charge in [-0.3, -0.25) is 0 Å². The van der Waals surface area contributed by atoms with Gasteiger partial charge >= 0.3 is 0 Å². The van der Waals surface area contributed by atoms with Crippen LogP contribution >= 0.6 is 0 Å². The second-order valence-corrected chi connectivity index (χ2v) is 5.97. The standard InChI is InChI=1S/C17H25F2N/c1-20-14(11-10-13-6-3-2-4-7-13)12-15-16(18)8-5-9-17(15)19/h5,8-9,13-14,20H,2-4,6-7,10-12H2,1H3. The fraction of sp³-hybridized carbons (Fsp3) is 0.647. The first kappa shape index (κ1) is 15.4. The first-order valence-corrected chi connectivity index (χ1v) is 7.81. The van der Waals surface area contributed by atoms with Gasteiger partial charge in [-0.05, 0) is 44.4 Å². The van der Waals surface area contributed by atoms with Crippen molar-refractivity contribution < 1.29 is 8.78 Å². The molecule has 0 aliphatic heterocycles. The summed E-state index contributed by atoms with van der Waals surface area (Å²) in [4.78, 5) is 0. The minimum Gasteiger partial charge on any atom is -0.317 e. The Balaban J connectivity index is 1.88. The molecule has 1 aromatic rings. The molecule has 1 aromatic carbocycles. The van der Waals surface area contributed by atoms with Crippen LogP contribution in [0.15, 0.2) is 18.2 Å². The van der Waals surface area contributed by atoms with Crippen LogP contribution in [0, 0.1) is 17.6 Å². The normalized spacial score (nSPS) is 18.1. The zero-order valence-electron chi connectivity index (χ0n) is 12.3. The number of benzene rings is 1. The Labute approximate surface area is 120 Å². The highest BCUT2D eigenvalue weighted by molar-refractivity contribution is 5.20. The van der Waals surface area contributed by atoms with E-state index in [4.69, 9.17) is 0 Å². The van der Waals surface area contributed by atoms with Crippen molar-refractivity contribution in [3.05, 3.63) is 35.4 Å². The number of nitrogens with one attached hydrogen (secondary N) is 1. The SMILES string of the molecule is CNC(CCC1CCCCC1)Cc1c(F)cccc1F. The fourth-order valence-corrected chi connectivity index (χ4v) is 3.23. The predicted octanol–water partition coefficient (Wildman–Crippen LogP) is 4.46. The summed E-state index contributed by atoms with van der Waals surface area (Å²) < 4.78 is 27.3. The van der Waals surface area contributed by atoms with E-state index < -0.39 is 11.6 Å². The lowest BCUT2D eigenvalue weighted by Crippen LogP contribution is -2.29. The summed E-state index contributed by atoms with van der Waals surface area (Å²) in [7, 11) is 1.88. The Bertz CT molecular complexity index is 393. The van der Waals surface area contributed by atoms with Crippen LogP contribution in [0.3, 0.4) is 0 Å². The van der Waals surface area contributed by atoms with E-state index in [-0.39, 0.29) is 11.6 Å². The van der Waals surface area contributed by atoms with Gasteiger partial charge in [0.2, 0.25) is 0 Å². The molecule has 1 unspecified atom stereocenters. The van der Waals surface area contributed by atoms with E-state index in [0.29, 0.717) is 6.42 Å². The molecule has 0 amide bonds. The Kier molecular flexibility index (Phi) is 5.96. The van der Waals surface area contributed by atoms with Crippen LogP contribution in [0.25, 0.3) is 0 Å². The maximum Gasteiger partial charge on any atom is 0.129 e. The van der Waals surface area contributed by atoms with Crippen LogP contribution in [-0.4, -0.2) is 13.1 Å². The molecular weight excluding hydrogens is 256 g/mol. The van der Waals surface area contributed by atoms with Gasteiger partial charge in [-0.1, -0.05) is 38.2 Å². The molecule has 0 saturated heterocycles. The minimum absolute atomic E-state index is 0.156. The highest BCUT2D eigenvalue weighted by Crippen LogP contribution is 2.28. The molecule has 20 heavy (non-hydrogen) atoms. The van der Waals surface area contributed by atoms with Crippen molar-refractivity contribution >= 4 is 0 Å². The van der Waals surface area contributed by atoms with Crippen LogP contribution in [0.4, 0.5) is 8.78 Å². The van der Waals surface area contributed by atoms with Gasteiger partial charge in [0.15, 0.2) is 0 Å². The number of rotatable bonds is 6. The summed E-state index contributed by atoms with van der Waals surface area (Å²) in [5.74, 6) is -0.0455. The molecule has 0 heterocycles. The maximum absolute atomic E-state index is 13.7. The van der Waals surface area contributed by atoms with Gasteiger partial charge in [0.05, 0.1) is 0 Å². The summed E-state index contributed by atoms with van der Waals surface area (Å²) in [6, 6.07) is 4.26. The minimum atomic E-state index is -0.428. The molecule has 0 radical (unpaired) electrons. The summed E-state index contributed by atoms with van der Waals surface area (Å²) in [6.07, 6.45) is 9.30. The maximum atomic E-state index is 13.7. The Hall–Kier alpha value is -0.960. The van der Waals surface area contributed by atoms with Gasteiger partial charge in [0, 0.05) is 11.6 Å². The zero-order valence-corrected chi connectivity index (χ0v) is 12.3. The Morgan fingerprint density at radius 2 is 1.80 bits per heavy atom. The lowest BCUT2D eigenvalue weighted by atomic mass is 9.84. The highest BCUT2D eigenvalue weighted by atomic mass is 19.1. The Morgan fingerprint density at radius 1 is 1.15 bits per heavy atom. The molecule has 1 aliphatic carbocycles. The van der Waals surface area contributed by atoms with Crippen molar-refractivity contribution in [3.8, 4) is 0 Å². The van der Waals surface area contributed by atoms with Gasteiger partial charge in [-0.25, -0.2) is 8.78 Å². The predicted molar refractivity (Wildman–Crippen MR) is 78.7 cm³/mol. The third-order valence-corrected chi connectivity index (χ3v) is 4.57. The molecule has 1 saturated carbocycles. The molecule has 0 aromatic heterocycles. The van der Waals surface area contributed by atoms with E-state index in [9.17, 15) is 8.78 Å². The summed E-state index contributed by atoms with van der Waals surface area (Å²) in [6.45, 7) is 0. The molecule has 1 atom stereocenters. The van der Waals surface area contributed by atoms with Gasteiger partial charge < -0.3 is 5.32 Å². The first-order valence-electron chi connectivity index (χ1n) is 7.81. The average Bonchev–Trinajstić information content (AvgIpc) is 2.47. The van der Waals surface area contributed by atoms with E-state index >= 15 is 0 Å². The molecule has 1 fully saturated rings. The second kappa shape index (κ2) is 7.72. The number of hydrogen-bond acceptors (Lipinski definition) is 1. The molecule has 0 bridgehead atoms. The number of hydrogen-bond donors (Lipinski definition) is 1. The van der Waals surface area contributed by atoms with Crippen molar-refractivity contribution in [3.63, 3.8) is 0 Å². The molecule has 1 N–H and O–H groups in total. The summed E-state index contributed by atoms with van der Waals surface area (Å²) >= 11 is 0. The number of likely N-dealkylation sites (N-methyl/N-ethyl adjacent to an activating group) is 1. The van der Waals surface area contributed by atoms with Gasteiger partial charge in [0.25, 0.3) is 0 Å². The fourth-order valence-electron chi connectivity index (χ4n) is 3.23. The lowest BCUT2D eigenvalue weighted by molar-refractivity contribution is 0.314. The molecule has 3 heteroatoms. The average molecular weight is 281 g/mol. The van der Waals surface area contributed by atoms with E-state index in [0.717, 1.165) is 12.3 Å². The number of halogens is 2. The monoisotopic (exact) mass is 281 g/mol. The van der Waals surface area contributed by atoms with E-state index in [2.05, 4.69) is 5.32 Å². The quantitative estimate of drug-likeness (QED) is 0.812. The summed E-state index contributed by atoms with van der Waals surface area (Å²) in [5, 5.41) is 3.21. The third kappa shape index (κ3) is 4.27. The van der Waals surface area contributed by atoms with E-state index in [1.54, 1.807) is 0 Å². The van der Waals surface area contributed by atoms with Gasteiger partial charge in [-0.15, -0.1) is 0 Å². The smallest absolute Gasteiger partial charge is 0.129 e. The van der Waals surface area contributed by atoms with Crippen LogP contribution < -0.4 is 5.32 Å². The van der Waals surface area contributed by atoms with Crippen molar-refractivity contribution in [2.75, 3.05) is 7.05 Å². The van der Waals surface area contributed by atoms with Crippen LogP contribution in [-0.2, 0) is 6.42 Å². The van der Waals surface area contributed by atoms with Crippen molar-refractivity contribution in [2.45, 2.75) is 57.4 Å². The highest BCUT2D eigenvalue weighted by Gasteiger charge is 2.18. The van der Waals surface area contributed by atoms with E-state index in [1.165, 1.54) is 56.7 Å². The van der Waals surface area contributed by atoms with E-state index in [1.807, 2.05) is 7.05 Å². The van der Waals surface area contributed by atoms with Crippen molar-refractivity contribution in [1.29, 1.82) is 0 Å².